The molecule has 1 unspecified atom stereocenters. The number of hydrogen-bond donors (Lipinski definition) is 1. The number of fused-ring (bicyclic) bond motifs is 1. The number of carbonyl (C=O) groups excluding carboxylic acids is 1. The number of amides is 1. The molecule has 1 aliphatic carbocycles. The van der Waals surface area contributed by atoms with Gasteiger partial charge in [0, 0.05) is 19.0 Å². The Morgan fingerprint density at radius 3 is 2.71 bits per heavy atom. The van der Waals surface area contributed by atoms with Crippen LogP contribution in [0.2, 0.25) is 0 Å². The van der Waals surface area contributed by atoms with Gasteiger partial charge in [-0.25, -0.2) is 4.98 Å². The molecule has 1 aliphatic rings. The van der Waals surface area contributed by atoms with E-state index in [1.807, 2.05) is 0 Å². The van der Waals surface area contributed by atoms with Gasteiger partial charge in [-0.2, -0.15) is 0 Å². The first-order valence-electron chi connectivity index (χ1n) is 6.58. The Labute approximate surface area is 142 Å². The molecule has 2 rings (SSSR count). The van der Waals surface area contributed by atoms with Crippen molar-refractivity contribution in [2.45, 2.75) is 38.3 Å². The Morgan fingerprint density at radius 2 is 2.10 bits per heavy atom. The van der Waals surface area contributed by atoms with Crippen LogP contribution in [0.5, 0.6) is 0 Å². The molecule has 0 saturated heterocycles. The lowest BCUT2D eigenvalue weighted by molar-refractivity contribution is -0.132. The molecule has 0 bridgehead atoms. The first-order chi connectivity index (χ1) is 9.11. The molecular weight excluding hydrogens is 333 g/mol. The van der Waals surface area contributed by atoms with Gasteiger partial charge in [-0.15, -0.1) is 36.2 Å². The standard InChI is InChI=1S/C13H21N3O2S.2ClH/c1-16(13(17)9(14)8-18-2)7-12-15-10-5-3-4-6-11(10)19-12;;/h9H,3-8,14H2,1-2H3;2*1H. The molecular formula is C13H23Cl2N3O2S. The number of aryl methyl sites for hydroxylation is 2. The van der Waals surface area contributed by atoms with Gasteiger partial charge in [0.1, 0.15) is 11.0 Å². The van der Waals surface area contributed by atoms with Crippen molar-refractivity contribution in [2.24, 2.45) is 5.73 Å². The lowest BCUT2D eigenvalue weighted by atomic mass is 10.0. The Balaban J connectivity index is 0.00000200. The molecule has 0 fully saturated rings. The normalized spacial score (nSPS) is 14.4. The molecule has 122 valence electrons. The molecule has 5 nitrogen and oxygen atoms in total. The third kappa shape index (κ3) is 5.38. The number of methoxy groups -OCH3 is 1. The summed E-state index contributed by atoms with van der Waals surface area (Å²) in [5.41, 5.74) is 6.98. The second kappa shape index (κ2) is 9.58. The molecule has 8 heteroatoms. The average molecular weight is 356 g/mol. The van der Waals surface area contributed by atoms with Crippen molar-refractivity contribution in [1.82, 2.24) is 9.88 Å². The molecule has 1 amide bonds. The topological polar surface area (TPSA) is 68.5 Å². The van der Waals surface area contributed by atoms with E-state index in [2.05, 4.69) is 4.98 Å². The predicted molar refractivity (Wildman–Crippen MR) is 89.6 cm³/mol. The first kappa shape index (κ1) is 20.6. The monoisotopic (exact) mass is 355 g/mol. The molecule has 1 aromatic heterocycles. The molecule has 1 heterocycles. The third-order valence-electron chi connectivity index (χ3n) is 3.30. The number of likely N-dealkylation sites (N-methyl/N-ethyl adjacent to an activating group) is 1. The highest BCUT2D eigenvalue weighted by Gasteiger charge is 2.20. The minimum Gasteiger partial charge on any atom is -0.383 e. The summed E-state index contributed by atoms with van der Waals surface area (Å²) < 4.78 is 4.91. The second-order valence-electron chi connectivity index (χ2n) is 4.94. The molecule has 0 spiro atoms. The highest BCUT2D eigenvalue weighted by Crippen LogP contribution is 2.27. The van der Waals surface area contributed by atoms with E-state index in [1.165, 1.54) is 23.4 Å². The Hall–Kier alpha value is -0.400. The maximum atomic E-state index is 12.0. The first-order valence-corrected chi connectivity index (χ1v) is 7.40. The third-order valence-corrected chi connectivity index (χ3v) is 4.44. The van der Waals surface area contributed by atoms with Crippen LogP contribution < -0.4 is 5.73 Å². The highest BCUT2D eigenvalue weighted by atomic mass is 35.5. The summed E-state index contributed by atoms with van der Waals surface area (Å²) in [6.45, 7) is 0.783. The summed E-state index contributed by atoms with van der Waals surface area (Å²) in [4.78, 5) is 19.6. The summed E-state index contributed by atoms with van der Waals surface area (Å²) in [6.07, 6.45) is 4.69. The van der Waals surface area contributed by atoms with Gasteiger partial charge >= 0.3 is 0 Å². The molecule has 0 saturated carbocycles. The minimum absolute atomic E-state index is 0. The van der Waals surface area contributed by atoms with E-state index in [9.17, 15) is 4.79 Å². The van der Waals surface area contributed by atoms with Crippen molar-refractivity contribution in [2.75, 3.05) is 20.8 Å². The quantitative estimate of drug-likeness (QED) is 0.874. The SMILES string of the molecule is COCC(N)C(=O)N(C)Cc1nc2c(s1)CCCC2.Cl.Cl. The summed E-state index contributed by atoms with van der Waals surface area (Å²) in [7, 11) is 3.31. The van der Waals surface area contributed by atoms with Crippen molar-refractivity contribution in [3.63, 3.8) is 0 Å². The van der Waals surface area contributed by atoms with E-state index in [0.29, 0.717) is 6.54 Å². The summed E-state index contributed by atoms with van der Waals surface area (Å²) in [6, 6.07) is -0.593. The van der Waals surface area contributed by atoms with Crippen LogP contribution >= 0.6 is 36.2 Å². The molecule has 0 aliphatic heterocycles. The van der Waals surface area contributed by atoms with Gasteiger partial charge in [0.25, 0.3) is 0 Å². The number of carbonyl (C=O) groups is 1. The van der Waals surface area contributed by atoms with Crippen LogP contribution in [0.4, 0.5) is 0 Å². The summed E-state index contributed by atoms with van der Waals surface area (Å²) in [5, 5.41) is 1.01. The van der Waals surface area contributed by atoms with E-state index in [-0.39, 0.29) is 37.3 Å². The van der Waals surface area contributed by atoms with Crippen molar-refractivity contribution in [1.29, 1.82) is 0 Å². The van der Waals surface area contributed by atoms with Crippen LogP contribution in [-0.4, -0.2) is 42.6 Å². The summed E-state index contributed by atoms with van der Waals surface area (Å²) in [5.74, 6) is -0.102. The van der Waals surface area contributed by atoms with Crippen LogP contribution in [0.15, 0.2) is 0 Å². The van der Waals surface area contributed by atoms with Gasteiger partial charge in [-0.05, 0) is 25.7 Å². The van der Waals surface area contributed by atoms with E-state index in [1.54, 1.807) is 30.4 Å². The molecule has 0 radical (unpaired) electrons. The zero-order valence-corrected chi connectivity index (χ0v) is 14.8. The van der Waals surface area contributed by atoms with Crippen LogP contribution in [0, 0.1) is 0 Å². The smallest absolute Gasteiger partial charge is 0.241 e. The maximum absolute atomic E-state index is 12.0. The van der Waals surface area contributed by atoms with Gasteiger partial charge in [0.2, 0.25) is 5.91 Å². The lowest BCUT2D eigenvalue weighted by Gasteiger charge is -2.19. The summed E-state index contributed by atoms with van der Waals surface area (Å²) >= 11 is 1.73. The Kier molecular flexibility index (Phi) is 9.40. The fourth-order valence-corrected chi connectivity index (χ4v) is 3.50. The zero-order chi connectivity index (χ0) is 13.8. The molecule has 21 heavy (non-hydrogen) atoms. The van der Waals surface area contributed by atoms with Crippen molar-refractivity contribution >= 4 is 42.1 Å². The number of thiazole rings is 1. The fraction of sp³-hybridized carbons (Fsp3) is 0.692. The average Bonchev–Trinajstić information content (AvgIpc) is 2.80. The second-order valence-corrected chi connectivity index (χ2v) is 6.11. The van der Waals surface area contributed by atoms with Crippen LogP contribution in [0.25, 0.3) is 0 Å². The van der Waals surface area contributed by atoms with Crippen LogP contribution in [-0.2, 0) is 28.9 Å². The molecule has 1 aromatic rings. The number of rotatable bonds is 5. The van der Waals surface area contributed by atoms with Crippen LogP contribution in [0.3, 0.4) is 0 Å². The van der Waals surface area contributed by atoms with Gasteiger partial charge in [-0.3, -0.25) is 4.79 Å². The van der Waals surface area contributed by atoms with E-state index >= 15 is 0 Å². The number of nitrogens with two attached hydrogens (primary N) is 1. The van der Waals surface area contributed by atoms with E-state index in [0.717, 1.165) is 17.8 Å². The molecule has 1 atom stereocenters. The maximum Gasteiger partial charge on any atom is 0.241 e. The van der Waals surface area contributed by atoms with Gasteiger partial charge in [0.05, 0.1) is 18.8 Å². The van der Waals surface area contributed by atoms with Gasteiger partial charge < -0.3 is 15.4 Å². The Bertz CT molecular complexity index is 433. The number of hydrogen-bond acceptors (Lipinski definition) is 5. The van der Waals surface area contributed by atoms with Crippen LogP contribution in [0.1, 0.15) is 28.4 Å². The number of aromatic nitrogens is 1. The molecule has 0 aromatic carbocycles. The Morgan fingerprint density at radius 1 is 1.43 bits per heavy atom. The highest BCUT2D eigenvalue weighted by molar-refractivity contribution is 7.11. The van der Waals surface area contributed by atoms with Crippen molar-refractivity contribution in [3.05, 3.63) is 15.6 Å². The predicted octanol–water partition coefficient (Wildman–Crippen LogP) is 1.80. The van der Waals surface area contributed by atoms with Crippen molar-refractivity contribution in [3.8, 4) is 0 Å². The number of halogens is 2. The zero-order valence-electron chi connectivity index (χ0n) is 12.3. The van der Waals surface area contributed by atoms with E-state index in [4.69, 9.17) is 10.5 Å². The van der Waals surface area contributed by atoms with Gasteiger partial charge in [-0.1, -0.05) is 0 Å². The minimum atomic E-state index is -0.593. The van der Waals surface area contributed by atoms with Crippen molar-refractivity contribution < 1.29 is 9.53 Å². The largest absolute Gasteiger partial charge is 0.383 e. The lowest BCUT2D eigenvalue weighted by Crippen LogP contribution is -2.44. The fourth-order valence-electron chi connectivity index (χ4n) is 2.29. The molecule has 2 N–H and O–H groups in total. The van der Waals surface area contributed by atoms with E-state index < -0.39 is 6.04 Å². The number of ether oxygens (including phenoxy) is 1. The van der Waals surface area contributed by atoms with Gasteiger partial charge in [0.15, 0.2) is 0 Å². The number of nitrogens with zero attached hydrogens (tertiary/aromatic N) is 2.